The lowest BCUT2D eigenvalue weighted by Gasteiger charge is -2.24. The maximum Gasteiger partial charge on any atom is 0.289 e. The maximum absolute atomic E-state index is 13.2. The van der Waals surface area contributed by atoms with Gasteiger partial charge in [0, 0.05) is 5.56 Å². The van der Waals surface area contributed by atoms with Gasteiger partial charge in [-0.25, -0.2) is 8.78 Å². The van der Waals surface area contributed by atoms with Crippen LogP contribution in [0.5, 0.6) is 5.75 Å². The molecule has 0 spiro atoms. The molecule has 4 nitrogen and oxygen atoms in total. The van der Waals surface area contributed by atoms with Gasteiger partial charge in [-0.05, 0) is 18.6 Å². The van der Waals surface area contributed by atoms with Crippen LogP contribution in [0.4, 0.5) is 14.5 Å². The minimum absolute atomic E-state index is 0. The Balaban J connectivity index is 0.00000256. The van der Waals surface area contributed by atoms with Crippen molar-refractivity contribution >= 4 is 18.1 Å². The van der Waals surface area contributed by atoms with Crippen LogP contribution in [0, 0.1) is 6.92 Å². The molecule has 0 saturated heterocycles. The van der Waals surface area contributed by atoms with Crippen molar-refractivity contribution in [3.05, 3.63) is 23.3 Å². The molecule has 0 radical (unpaired) electrons. The topological polar surface area (TPSA) is 92.5 Å². The Morgan fingerprint density at radius 3 is 2.41 bits per heavy atom. The van der Waals surface area contributed by atoms with Crippen LogP contribution in [0.15, 0.2) is 12.1 Å². The molecule has 0 unspecified atom stereocenters. The molecule has 7 heteroatoms. The number of phenolic OH excluding ortho intramolecular Hbond substituents is 1. The smallest absolute Gasteiger partial charge is 0.289 e. The number of aryl methyl sites for hydroxylation is 1. The van der Waals surface area contributed by atoms with Gasteiger partial charge >= 0.3 is 0 Å². The summed E-state index contributed by atoms with van der Waals surface area (Å²) in [4.78, 5) is 0. The van der Waals surface area contributed by atoms with E-state index in [0.29, 0.717) is 5.56 Å². The van der Waals surface area contributed by atoms with Crippen molar-refractivity contribution in [1.29, 1.82) is 0 Å². The summed E-state index contributed by atoms with van der Waals surface area (Å²) < 4.78 is 26.4. The monoisotopic (exact) mass is 268 g/mol. The molecule has 1 rings (SSSR count). The molecule has 98 valence electrons. The van der Waals surface area contributed by atoms with Crippen molar-refractivity contribution in [2.45, 2.75) is 18.9 Å². The molecule has 17 heavy (non-hydrogen) atoms. The predicted octanol–water partition coefficient (Wildman–Crippen LogP) is 1.33. The number of hydrogen-bond donors (Lipinski definition) is 4. The SMILES string of the molecule is Cc1ccc(N)c(O)c1[C@H](N)C(F)(F)CO.Cl. The highest BCUT2D eigenvalue weighted by Crippen LogP contribution is 2.38. The lowest BCUT2D eigenvalue weighted by molar-refractivity contribution is -0.0717. The molecule has 0 bridgehead atoms. The molecular weight excluding hydrogens is 254 g/mol. The first kappa shape index (κ1) is 15.9. The van der Waals surface area contributed by atoms with Gasteiger partial charge in [0.25, 0.3) is 5.92 Å². The van der Waals surface area contributed by atoms with E-state index in [1.54, 1.807) is 0 Å². The molecule has 0 fully saturated rings. The second-order valence-electron chi connectivity index (χ2n) is 3.63. The van der Waals surface area contributed by atoms with Crippen LogP contribution in [0.1, 0.15) is 17.2 Å². The zero-order valence-corrected chi connectivity index (χ0v) is 9.97. The highest BCUT2D eigenvalue weighted by molar-refractivity contribution is 5.85. The van der Waals surface area contributed by atoms with Crippen LogP contribution in [-0.4, -0.2) is 22.7 Å². The van der Waals surface area contributed by atoms with Gasteiger partial charge < -0.3 is 21.7 Å². The molecule has 1 atom stereocenters. The third-order valence-electron chi connectivity index (χ3n) is 2.44. The van der Waals surface area contributed by atoms with Gasteiger partial charge in [-0.15, -0.1) is 12.4 Å². The number of halogens is 3. The Kier molecular flexibility index (Phi) is 5.12. The number of aliphatic hydroxyl groups is 1. The van der Waals surface area contributed by atoms with Crippen molar-refractivity contribution < 1.29 is 19.0 Å². The average molecular weight is 269 g/mol. The summed E-state index contributed by atoms with van der Waals surface area (Å²) in [7, 11) is 0. The van der Waals surface area contributed by atoms with Gasteiger partial charge in [0.05, 0.1) is 5.69 Å². The fourth-order valence-electron chi connectivity index (χ4n) is 1.43. The van der Waals surface area contributed by atoms with E-state index < -0.39 is 24.3 Å². The molecule has 1 aromatic carbocycles. The summed E-state index contributed by atoms with van der Waals surface area (Å²) in [5, 5.41) is 18.1. The molecular formula is C10H15ClF2N2O2. The quantitative estimate of drug-likeness (QED) is 0.492. The fourth-order valence-corrected chi connectivity index (χ4v) is 1.43. The van der Waals surface area contributed by atoms with E-state index in [9.17, 15) is 13.9 Å². The van der Waals surface area contributed by atoms with Crippen LogP contribution in [0.2, 0.25) is 0 Å². The first-order chi connectivity index (χ1) is 7.31. The molecule has 1 aromatic rings. The molecule has 0 amide bonds. The molecule has 0 aliphatic heterocycles. The molecule has 0 heterocycles. The van der Waals surface area contributed by atoms with E-state index in [1.165, 1.54) is 19.1 Å². The van der Waals surface area contributed by atoms with Crippen LogP contribution in [0.3, 0.4) is 0 Å². The first-order valence-corrected chi connectivity index (χ1v) is 4.63. The minimum Gasteiger partial charge on any atom is -0.505 e. The average Bonchev–Trinajstić information content (AvgIpc) is 2.24. The number of nitrogen functional groups attached to an aromatic ring is 1. The summed E-state index contributed by atoms with van der Waals surface area (Å²) in [6.45, 7) is 0.143. The van der Waals surface area contributed by atoms with E-state index in [0.717, 1.165) is 0 Å². The molecule has 0 aromatic heterocycles. The number of benzene rings is 1. The normalized spacial score (nSPS) is 13.0. The lowest BCUT2D eigenvalue weighted by Crippen LogP contribution is -2.36. The number of alkyl halides is 2. The van der Waals surface area contributed by atoms with Crippen molar-refractivity contribution in [3.63, 3.8) is 0 Å². The van der Waals surface area contributed by atoms with Crippen LogP contribution in [0.25, 0.3) is 0 Å². The second-order valence-corrected chi connectivity index (χ2v) is 3.63. The zero-order valence-electron chi connectivity index (χ0n) is 9.15. The van der Waals surface area contributed by atoms with Crippen molar-refractivity contribution in [1.82, 2.24) is 0 Å². The van der Waals surface area contributed by atoms with Gasteiger partial charge in [0.15, 0.2) is 0 Å². The summed E-state index contributed by atoms with van der Waals surface area (Å²) in [5.41, 5.74) is 11.0. The Morgan fingerprint density at radius 2 is 1.94 bits per heavy atom. The largest absolute Gasteiger partial charge is 0.505 e. The minimum atomic E-state index is -3.50. The van der Waals surface area contributed by atoms with E-state index in [-0.39, 0.29) is 23.7 Å². The second kappa shape index (κ2) is 5.48. The van der Waals surface area contributed by atoms with Gasteiger partial charge in [-0.3, -0.25) is 0 Å². The Morgan fingerprint density at radius 1 is 1.41 bits per heavy atom. The van der Waals surface area contributed by atoms with Crippen molar-refractivity contribution in [2.75, 3.05) is 12.3 Å². The van der Waals surface area contributed by atoms with Crippen molar-refractivity contribution in [2.24, 2.45) is 5.73 Å². The highest BCUT2D eigenvalue weighted by Gasteiger charge is 2.39. The Bertz CT molecular complexity index is 402. The number of aliphatic hydroxyl groups excluding tert-OH is 1. The van der Waals surface area contributed by atoms with Crippen molar-refractivity contribution in [3.8, 4) is 5.75 Å². The fraction of sp³-hybridized carbons (Fsp3) is 0.400. The standard InChI is InChI=1S/C10H14F2N2O2.ClH/c1-5-2-3-6(13)8(16)7(5)9(14)10(11,12)4-15;/h2-3,9,15-16H,4,13-14H2,1H3;1H/t9-;/m0./s1. The summed E-state index contributed by atoms with van der Waals surface area (Å²) in [6, 6.07) is 1.09. The van der Waals surface area contributed by atoms with E-state index in [4.69, 9.17) is 16.6 Å². The highest BCUT2D eigenvalue weighted by atomic mass is 35.5. The summed E-state index contributed by atoms with van der Waals surface area (Å²) in [6.07, 6.45) is 0. The summed E-state index contributed by atoms with van der Waals surface area (Å²) in [5.74, 6) is -3.96. The Labute approximate surface area is 104 Å². The number of rotatable bonds is 3. The number of anilines is 1. The molecule has 6 N–H and O–H groups in total. The third kappa shape index (κ3) is 2.96. The molecule has 0 saturated carbocycles. The van der Waals surface area contributed by atoms with E-state index in [1.807, 2.05) is 0 Å². The number of hydrogen-bond acceptors (Lipinski definition) is 4. The van der Waals surface area contributed by atoms with Gasteiger partial charge in [0.1, 0.15) is 18.4 Å². The maximum atomic E-state index is 13.2. The van der Waals surface area contributed by atoms with Crippen LogP contribution in [-0.2, 0) is 0 Å². The van der Waals surface area contributed by atoms with E-state index >= 15 is 0 Å². The lowest BCUT2D eigenvalue weighted by atomic mass is 9.95. The number of aromatic hydroxyl groups is 1. The van der Waals surface area contributed by atoms with Crippen LogP contribution < -0.4 is 11.5 Å². The zero-order chi connectivity index (χ0) is 12.5. The summed E-state index contributed by atoms with van der Waals surface area (Å²) >= 11 is 0. The molecule has 0 aliphatic rings. The number of nitrogens with two attached hydrogens (primary N) is 2. The van der Waals surface area contributed by atoms with Gasteiger partial charge in [-0.1, -0.05) is 6.07 Å². The van der Waals surface area contributed by atoms with E-state index in [2.05, 4.69) is 0 Å². The van der Waals surface area contributed by atoms with Crippen LogP contribution >= 0.6 is 12.4 Å². The Hall–Kier alpha value is -1.11. The van der Waals surface area contributed by atoms with Gasteiger partial charge in [-0.2, -0.15) is 0 Å². The third-order valence-corrected chi connectivity index (χ3v) is 2.44. The molecule has 0 aliphatic carbocycles. The predicted molar refractivity (Wildman–Crippen MR) is 63.5 cm³/mol. The number of phenols is 1. The first-order valence-electron chi connectivity index (χ1n) is 4.63. The van der Waals surface area contributed by atoms with Gasteiger partial charge in [0.2, 0.25) is 0 Å².